The topological polar surface area (TPSA) is 118 Å². The molecule has 2 aromatic rings. The standard InChI is InChI=1S/C23H24Cl2F3N3O5S/c1-37(35,36)14-4-2-13(3-5-14)17-11-31(12-23(26,27)28)30-18(17)15-6-7-22(24,25)10-16(15)19(32)29-21(8-9-21)20(33)34/h2-5,11,15-16H,6-10,12H2,1H3,(H,29,32)(H,33,34)/t15-,16-/m1/s1. The number of nitrogens with one attached hydrogen (secondary N) is 1. The van der Waals surface area contributed by atoms with E-state index in [0.29, 0.717) is 11.1 Å². The smallest absolute Gasteiger partial charge is 0.408 e. The lowest BCUT2D eigenvalue weighted by molar-refractivity contribution is -0.144. The maximum absolute atomic E-state index is 13.3. The van der Waals surface area contributed by atoms with Gasteiger partial charge in [0.25, 0.3) is 0 Å². The lowest BCUT2D eigenvalue weighted by Gasteiger charge is -2.37. The summed E-state index contributed by atoms with van der Waals surface area (Å²) in [5.74, 6) is -3.45. The molecule has 0 spiro atoms. The number of carboxylic acids is 1. The number of aliphatic carboxylic acids is 1. The molecule has 2 fully saturated rings. The van der Waals surface area contributed by atoms with Gasteiger partial charge in [0.05, 0.1) is 10.6 Å². The van der Waals surface area contributed by atoms with Crippen molar-refractivity contribution >= 4 is 44.9 Å². The molecule has 2 atom stereocenters. The molecule has 2 N–H and O–H groups in total. The summed E-state index contributed by atoms with van der Waals surface area (Å²) in [6.45, 7) is -1.37. The first kappa shape index (κ1) is 27.7. The monoisotopic (exact) mass is 581 g/mol. The van der Waals surface area contributed by atoms with Crippen molar-refractivity contribution in [2.24, 2.45) is 5.92 Å². The molecular formula is C23H24Cl2F3N3O5S. The minimum atomic E-state index is -4.56. The van der Waals surface area contributed by atoms with Crippen molar-refractivity contribution in [1.82, 2.24) is 15.1 Å². The predicted octanol–water partition coefficient (Wildman–Crippen LogP) is 4.31. The van der Waals surface area contributed by atoms with Crippen molar-refractivity contribution in [3.8, 4) is 11.1 Å². The van der Waals surface area contributed by atoms with Gasteiger partial charge in [0.2, 0.25) is 5.91 Å². The van der Waals surface area contributed by atoms with Crippen LogP contribution in [0.4, 0.5) is 13.2 Å². The van der Waals surface area contributed by atoms with Crippen LogP contribution in [0, 0.1) is 5.92 Å². The Bertz CT molecular complexity index is 1320. The van der Waals surface area contributed by atoms with Crippen LogP contribution in [0.5, 0.6) is 0 Å². The summed E-state index contributed by atoms with van der Waals surface area (Å²) >= 11 is 12.7. The molecule has 14 heteroatoms. The molecule has 202 valence electrons. The molecule has 8 nitrogen and oxygen atoms in total. The van der Waals surface area contributed by atoms with E-state index in [4.69, 9.17) is 23.2 Å². The van der Waals surface area contributed by atoms with Gasteiger partial charge >= 0.3 is 12.1 Å². The van der Waals surface area contributed by atoms with Crippen LogP contribution in [0.2, 0.25) is 0 Å². The van der Waals surface area contributed by atoms with Gasteiger partial charge in [-0.15, -0.1) is 23.2 Å². The number of aromatic nitrogens is 2. The number of sulfone groups is 1. The molecular weight excluding hydrogens is 558 g/mol. The lowest BCUT2D eigenvalue weighted by Crippen LogP contribution is -2.49. The summed E-state index contributed by atoms with van der Waals surface area (Å²) in [6.07, 6.45) is -1.42. The molecule has 0 saturated heterocycles. The van der Waals surface area contributed by atoms with Crippen molar-refractivity contribution < 1.29 is 36.3 Å². The third kappa shape index (κ3) is 6.23. The quantitative estimate of drug-likeness (QED) is 0.470. The Morgan fingerprint density at radius 1 is 1.19 bits per heavy atom. The number of hydrogen-bond donors (Lipinski definition) is 2. The van der Waals surface area contributed by atoms with Crippen LogP contribution in [0.3, 0.4) is 0 Å². The number of halogens is 5. The van der Waals surface area contributed by atoms with E-state index in [9.17, 15) is 36.3 Å². The molecule has 1 aromatic carbocycles. The maximum Gasteiger partial charge on any atom is 0.408 e. The van der Waals surface area contributed by atoms with Crippen LogP contribution in [-0.2, 0) is 26.0 Å². The van der Waals surface area contributed by atoms with E-state index < -0.39 is 56.1 Å². The largest absolute Gasteiger partial charge is 0.480 e. The Balaban J connectivity index is 1.76. The summed E-state index contributed by atoms with van der Waals surface area (Å²) in [5.41, 5.74) is -0.475. The van der Waals surface area contributed by atoms with Crippen LogP contribution in [0.15, 0.2) is 35.4 Å². The molecule has 2 aliphatic carbocycles. The van der Waals surface area contributed by atoms with Gasteiger partial charge < -0.3 is 10.4 Å². The van der Waals surface area contributed by atoms with Crippen molar-refractivity contribution in [2.75, 3.05) is 6.26 Å². The number of hydrogen-bond acceptors (Lipinski definition) is 5. The second-order valence-electron chi connectivity index (χ2n) is 9.73. The highest BCUT2D eigenvalue weighted by Gasteiger charge is 2.54. The van der Waals surface area contributed by atoms with Gasteiger partial charge in [-0.25, -0.2) is 13.2 Å². The summed E-state index contributed by atoms with van der Waals surface area (Å²) < 4.78 is 62.8. The minimum absolute atomic E-state index is 0.0351. The number of nitrogens with zero attached hydrogens (tertiary/aromatic N) is 2. The van der Waals surface area contributed by atoms with Crippen molar-refractivity contribution in [1.29, 1.82) is 0 Å². The van der Waals surface area contributed by atoms with Gasteiger partial charge in [-0.2, -0.15) is 18.3 Å². The number of rotatable bonds is 7. The average Bonchev–Trinajstić information content (AvgIpc) is 3.44. The van der Waals surface area contributed by atoms with Crippen LogP contribution in [-0.4, -0.2) is 57.5 Å². The fraction of sp³-hybridized carbons (Fsp3) is 0.522. The van der Waals surface area contributed by atoms with E-state index >= 15 is 0 Å². The third-order valence-electron chi connectivity index (χ3n) is 6.76. The molecule has 0 bridgehead atoms. The summed E-state index contributed by atoms with van der Waals surface area (Å²) in [6, 6.07) is 5.60. The van der Waals surface area contributed by atoms with Crippen LogP contribution < -0.4 is 5.32 Å². The first-order valence-corrected chi connectivity index (χ1v) is 14.0. The average molecular weight is 582 g/mol. The highest BCUT2D eigenvalue weighted by Crippen LogP contribution is 2.49. The fourth-order valence-corrected chi connectivity index (χ4v) is 5.84. The number of carboxylic acid groups (broad SMARTS) is 1. The van der Waals surface area contributed by atoms with Crippen molar-refractivity contribution in [3.63, 3.8) is 0 Å². The van der Waals surface area contributed by atoms with Crippen molar-refractivity contribution in [2.45, 2.75) is 65.5 Å². The van der Waals surface area contributed by atoms with Gasteiger partial charge in [0, 0.05) is 29.9 Å². The predicted molar refractivity (Wildman–Crippen MR) is 129 cm³/mol. The van der Waals surface area contributed by atoms with Gasteiger partial charge in [0.15, 0.2) is 9.84 Å². The summed E-state index contributed by atoms with van der Waals surface area (Å²) in [7, 11) is -3.50. The molecule has 2 saturated carbocycles. The lowest BCUT2D eigenvalue weighted by atomic mass is 9.75. The maximum atomic E-state index is 13.3. The molecule has 37 heavy (non-hydrogen) atoms. The number of amides is 1. The molecule has 0 aliphatic heterocycles. The van der Waals surface area contributed by atoms with Gasteiger partial charge in [-0.1, -0.05) is 12.1 Å². The Morgan fingerprint density at radius 2 is 1.81 bits per heavy atom. The first-order chi connectivity index (χ1) is 17.0. The molecule has 0 unspecified atom stereocenters. The second kappa shape index (κ2) is 9.46. The zero-order chi connectivity index (χ0) is 27.4. The molecule has 1 heterocycles. The normalized spacial score (nSPS) is 22.9. The number of alkyl halides is 5. The van der Waals surface area contributed by atoms with Gasteiger partial charge in [0.1, 0.15) is 16.4 Å². The Hall–Kier alpha value is -2.31. The zero-order valence-electron chi connectivity index (χ0n) is 19.6. The number of carbonyl (C=O) groups is 2. The van der Waals surface area contributed by atoms with Crippen LogP contribution >= 0.6 is 23.2 Å². The van der Waals surface area contributed by atoms with Crippen LogP contribution in [0.1, 0.15) is 43.7 Å². The molecule has 4 rings (SSSR count). The third-order valence-corrected chi connectivity index (χ3v) is 8.58. The van der Waals surface area contributed by atoms with Crippen molar-refractivity contribution in [3.05, 3.63) is 36.2 Å². The van der Waals surface area contributed by atoms with E-state index in [2.05, 4.69) is 10.4 Å². The highest BCUT2D eigenvalue weighted by atomic mass is 35.5. The summed E-state index contributed by atoms with van der Waals surface area (Å²) in [4.78, 5) is 25.0. The second-order valence-corrected chi connectivity index (χ2v) is 13.4. The first-order valence-electron chi connectivity index (χ1n) is 11.4. The Kier molecular flexibility index (Phi) is 7.09. The summed E-state index contributed by atoms with van der Waals surface area (Å²) in [5, 5.41) is 16.2. The highest BCUT2D eigenvalue weighted by molar-refractivity contribution is 7.90. The van der Waals surface area contributed by atoms with E-state index in [1.54, 1.807) is 0 Å². The number of carbonyl (C=O) groups excluding carboxylic acids is 1. The van der Waals surface area contributed by atoms with E-state index in [1.807, 2.05) is 0 Å². The molecule has 0 radical (unpaired) electrons. The zero-order valence-corrected chi connectivity index (χ0v) is 21.9. The van der Waals surface area contributed by atoms with Crippen LogP contribution in [0.25, 0.3) is 11.1 Å². The fourth-order valence-electron chi connectivity index (χ4n) is 4.66. The number of benzene rings is 1. The van der Waals surface area contributed by atoms with E-state index in [-0.39, 0.29) is 42.7 Å². The Morgan fingerprint density at radius 3 is 2.32 bits per heavy atom. The molecule has 1 amide bonds. The van der Waals surface area contributed by atoms with Gasteiger partial charge in [-0.05, 0) is 49.8 Å². The molecule has 2 aliphatic rings. The van der Waals surface area contributed by atoms with Gasteiger partial charge in [-0.3, -0.25) is 9.48 Å². The minimum Gasteiger partial charge on any atom is -0.480 e. The Labute approximate surface area is 221 Å². The van der Waals surface area contributed by atoms with E-state index in [0.717, 1.165) is 10.9 Å². The SMILES string of the molecule is CS(=O)(=O)c1ccc(-c2cn(CC(F)(F)F)nc2[C@@H]2CCC(Cl)(Cl)C[C@H]2C(=O)NC2(C(=O)O)CC2)cc1. The van der Waals surface area contributed by atoms with E-state index in [1.165, 1.54) is 30.5 Å². The molecule has 1 aromatic heterocycles.